The van der Waals surface area contributed by atoms with Crippen LogP contribution in [0, 0.1) is 13.8 Å². The van der Waals surface area contributed by atoms with Crippen molar-refractivity contribution in [1.82, 2.24) is 0 Å². The predicted molar refractivity (Wildman–Crippen MR) is 130 cm³/mol. The first kappa shape index (κ1) is 27.3. The van der Waals surface area contributed by atoms with E-state index in [0.29, 0.717) is 16.5 Å². The van der Waals surface area contributed by atoms with Crippen molar-refractivity contribution in [3.63, 3.8) is 0 Å². The van der Waals surface area contributed by atoms with E-state index in [-0.39, 0.29) is 58.0 Å². The summed E-state index contributed by atoms with van der Waals surface area (Å²) in [7, 11) is -4.74. The Morgan fingerprint density at radius 3 is 2.31 bits per heavy atom. The molecule has 0 fully saturated rings. The fourth-order valence-corrected chi connectivity index (χ4v) is 4.05. The summed E-state index contributed by atoms with van der Waals surface area (Å²) in [5, 5.41) is 32.3. The second-order valence-corrected chi connectivity index (χ2v) is 9.32. The normalized spacial score (nSPS) is 11.4. The van der Waals surface area contributed by atoms with E-state index in [1.807, 2.05) is 26.0 Å². The Labute approximate surface area is 229 Å². The van der Waals surface area contributed by atoms with Crippen molar-refractivity contribution in [3.8, 4) is 11.5 Å². The first-order chi connectivity index (χ1) is 16.5. The van der Waals surface area contributed by atoms with Gasteiger partial charge in [0.1, 0.15) is 27.3 Å². The molecule has 4 aromatic carbocycles. The third-order valence-corrected chi connectivity index (χ3v) is 6.18. The average molecular weight is 514 g/mol. The Bertz CT molecular complexity index is 1620. The number of carbonyl (C=O) groups excluding carboxylic acids is 1. The van der Waals surface area contributed by atoms with Crippen LogP contribution >= 0.6 is 0 Å². The van der Waals surface area contributed by atoms with Gasteiger partial charge in [-0.25, -0.2) is 8.42 Å². The summed E-state index contributed by atoms with van der Waals surface area (Å²) in [6, 6.07) is 16.4. The minimum Gasteiger partial charge on any atom is -0.744 e. The maximum atomic E-state index is 12.8. The number of nitrogens with zero attached hydrogens (tertiary/aromatic N) is 2. The van der Waals surface area contributed by atoms with Gasteiger partial charge in [0.05, 0.1) is 16.1 Å². The first-order valence-electron chi connectivity index (χ1n) is 10.4. The number of aromatic hydroxyl groups is 2. The van der Waals surface area contributed by atoms with Gasteiger partial charge in [-0.1, -0.05) is 29.8 Å². The minimum absolute atomic E-state index is 0. The molecule has 0 radical (unpaired) electrons. The standard InChI is InChI=1S/C25H21N3O6S.Na/c1-14-6-8-20(15(2)10-14)26-25(31)19-11-16-4-3-5-21(18(16)13-24(19)30)27-28-22-12-17(35(32,33)34)7-9-23(22)29;/h3-13,29-30H,1-2H3,(H,26,31)(H,32,33,34);/q;+1/p-1. The maximum absolute atomic E-state index is 12.8. The van der Waals surface area contributed by atoms with Crippen LogP contribution in [0.1, 0.15) is 21.5 Å². The molecule has 0 aliphatic carbocycles. The summed E-state index contributed by atoms with van der Waals surface area (Å²) in [5.41, 5.74) is 2.72. The molecule has 0 spiro atoms. The monoisotopic (exact) mass is 513 g/mol. The predicted octanol–water partition coefficient (Wildman–Crippen LogP) is 2.44. The Kier molecular flexibility index (Phi) is 8.17. The number of fused-ring (bicyclic) bond motifs is 1. The maximum Gasteiger partial charge on any atom is 1.00 e. The van der Waals surface area contributed by atoms with Crippen LogP contribution < -0.4 is 34.9 Å². The largest absolute Gasteiger partial charge is 1.00 e. The molecule has 0 aliphatic rings. The van der Waals surface area contributed by atoms with E-state index in [1.54, 1.807) is 24.3 Å². The number of nitrogens with one attached hydrogen (secondary N) is 1. The van der Waals surface area contributed by atoms with Crippen molar-refractivity contribution in [2.24, 2.45) is 10.2 Å². The number of hydrogen-bond acceptors (Lipinski definition) is 8. The van der Waals surface area contributed by atoms with Crippen LogP contribution in [-0.4, -0.2) is 29.1 Å². The van der Waals surface area contributed by atoms with Gasteiger partial charge in [-0.05, 0) is 67.3 Å². The Morgan fingerprint density at radius 2 is 1.61 bits per heavy atom. The van der Waals surface area contributed by atoms with Crippen LogP contribution in [0.3, 0.4) is 0 Å². The number of benzene rings is 4. The van der Waals surface area contributed by atoms with Gasteiger partial charge in [-0.2, -0.15) is 0 Å². The number of rotatable bonds is 5. The van der Waals surface area contributed by atoms with Crippen LogP contribution in [0.15, 0.2) is 81.9 Å². The molecule has 0 saturated heterocycles. The summed E-state index contributed by atoms with van der Waals surface area (Å²) in [4.78, 5) is 12.3. The molecule has 4 aromatic rings. The van der Waals surface area contributed by atoms with Gasteiger partial charge in [-0.3, -0.25) is 4.79 Å². The molecule has 0 saturated carbocycles. The number of hydrogen-bond donors (Lipinski definition) is 3. The van der Waals surface area contributed by atoms with E-state index in [1.165, 1.54) is 12.1 Å². The molecule has 0 bridgehead atoms. The third kappa shape index (κ3) is 5.92. The molecule has 0 unspecified atom stereocenters. The Hall–Kier alpha value is -3.28. The van der Waals surface area contributed by atoms with E-state index < -0.39 is 20.9 Å². The number of amides is 1. The zero-order chi connectivity index (χ0) is 25.3. The smallest absolute Gasteiger partial charge is 0.744 e. The molecule has 0 aromatic heterocycles. The van der Waals surface area contributed by atoms with Crippen molar-refractivity contribution < 1.29 is 57.5 Å². The van der Waals surface area contributed by atoms with Gasteiger partial charge in [0.15, 0.2) is 0 Å². The van der Waals surface area contributed by atoms with Crippen molar-refractivity contribution in [2.45, 2.75) is 18.7 Å². The molecule has 178 valence electrons. The van der Waals surface area contributed by atoms with E-state index in [4.69, 9.17) is 0 Å². The summed E-state index contributed by atoms with van der Waals surface area (Å²) in [5.74, 6) is -1.12. The summed E-state index contributed by atoms with van der Waals surface area (Å²) >= 11 is 0. The molecular weight excluding hydrogens is 493 g/mol. The van der Waals surface area contributed by atoms with E-state index >= 15 is 0 Å². The van der Waals surface area contributed by atoms with Crippen molar-refractivity contribution in [1.29, 1.82) is 0 Å². The first-order valence-corrected chi connectivity index (χ1v) is 11.8. The van der Waals surface area contributed by atoms with Gasteiger partial charge in [0.25, 0.3) is 5.91 Å². The quantitative estimate of drug-likeness (QED) is 0.212. The molecule has 0 heterocycles. The van der Waals surface area contributed by atoms with Gasteiger partial charge in [0.2, 0.25) is 0 Å². The van der Waals surface area contributed by atoms with Crippen LogP contribution in [0.2, 0.25) is 0 Å². The van der Waals surface area contributed by atoms with Crippen LogP contribution in [-0.2, 0) is 10.1 Å². The molecule has 36 heavy (non-hydrogen) atoms. The second kappa shape index (κ2) is 10.8. The molecule has 9 nitrogen and oxygen atoms in total. The summed E-state index contributed by atoms with van der Waals surface area (Å²) < 4.78 is 33.7. The minimum atomic E-state index is -4.74. The van der Waals surface area contributed by atoms with Crippen molar-refractivity contribution in [3.05, 3.63) is 83.4 Å². The number of phenols is 2. The zero-order valence-electron chi connectivity index (χ0n) is 19.7. The number of carbonyl (C=O) groups is 1. The van der Waals surface area contributed by atoms with E-state index in [9.17, 15) is 28.0 Å². The molecule has 1 amide bonds. The number of anilines is 1. The van der Waals surface area contributed by atoms with E-state index in [0.717, 1.165) is 29.3 Å². The Morgan fingerprint density at radius 1 is 0.889 bits per heavy atom. The zero-order valence-corrected chi connectivity index (χ0v) is 22.5. The summed E-state index contributed by atoms with van der Waals surface area (Å²) in [6.45, 7) is 3.83. The van der Waals surface area contributed by atoms with Crippen LogP contribution in [0.5, 0.6) is 11.5 Å². The molecule has 0 atom stereocenters. The van der Waals surface area contributed by atoms with Crippen LogP contribution in [0.25, 0.3) is 10.8 Å². The topological polar surface area (TPSA) is 151 Å². The molecule has 3 N–H and O–H groups in total. The van der Waals surface area contributed by atoms with E-state index in [2.05, 4.69) is 15.5 Å². The SMILES string of the molecule is Cc1ccc(NC(=O)c2cc3cccc(N=Nc4cc(S(=O)(=O)[O-])ccc4O)c3cc2O)c(C)c1.[Na+]. The van der Waals surface area contributed by atoms with Gasteiger partial charge < -0.3 is 20.1 Å². The molecule has 0 aliphatic heterocycles. The van der Waals surface area contributed by atoms with Gasteiger partial charge in [0, 0.05) is 11.1 Å². The Balaban J connectivity index is 0.00000361. The van der Waals surface area contributed by atoms with Gasteiger partial charge in [-0.15, -0.1) is 10.2 Å². The number of aryl methyl sites for hydroxylation is 2. The average Bonchev–Trinajstić information content (AvgIpc) is 2.79. The fourth-order valence-electron chi connectivity index (χ4n) is 3.56. The third-order valence-electron chi connectivity index (χ3n) is 5.35. The van der Waals surface area contributed by atoms with Crippen LogP contribution in [0.4, 0.5) is 17.1 Å². The van der Waals surface area contributed by atoms with Gasteiger partial charge >= 0.3 is 29.6 Å². The number of azo groups is 1. The molecule has 4 rings (SSSR count). The van der Waals surface area contributed by atoms with Crippen molar-refractivity contribution in [2.75, 3.05) is 5.32 Å². The van der Waals surface area contributed by atoms with Crippen molar-refractivity contribution >= 4 is 43.9 Å². The molecule has 11 heteroatoms. The summed E-state index contributed by atoms with van der Waals surface area (Å²) in [6.07, 6.45) is 0. The number of phenolic OH excluding ortho intramolecular Hbond substituents is 2. The fraction of sp³-hybridized carbons (Fsp3) is 0.0800. The molecular formula is C25H20N3NaO6S. The second-order valence-electron chi connectivity index (χ2n) is 7.94.